The maximum atomic E-state index is 12.4. The molecule has 2 heterocycles. The molecule has 3 aromatic rings. The van der Waals surface area contributed by atoms with Crippen molar-refractivity contribution in [2.75, 3.05) is 0 Å². The average molecular weight is 334 g/mol. The topological polar surface area (TPSA) is 59.8 Å². The van der Waals surface area contributed by atoms with E-state index in [1.807, 2.05) is 25.2 Å². The molecule has 3 rings (SSSR count). The summed E-state index contributed by atoms with van der Waals surface area (Å²) in [6, 6.07) is 14.0. The van der Waals surface area contributed by atoms with Gasteiger partial charge in [-0.15, -0.1) is 0 Å². The molecule has 0 bridgehead atoms. The van der Waals surface area contributed by atoms with E-state index in [1.54, 1.807) is 17.1 Å². The van der Waals surface area contributed by atoms with Gasteiger partial charge in [-0.05, 0) is 34.7 Å². The van der Waals surface area contributed by atoms with Crippen molar-refractivity contribution < 1.29 is 4.79 Å². The molecule has 1 N–H and O–H groups in total. The molecule has 0 spiro atoms. The van der Waals surface area contributed by atoms with Crippen LogP contribution in [0.1, 0.15) is 41.4 Å². The Hall–Kier alpha value is -2.95. The van der Waals surface area contributed by atoms with Crippen molar-refractivity contribution in [1.29, 1.82) is 0 Å². The molecule has 0 fully saturated rings. The standard InChI is InChI=1S/C20H22N4O/c1-14(2)16-6-8-17(9-7-16)19-11-18(23-24(19)3)20(25)22-13-15-5-4-10-21-12-15/h4-12,14H,13H2,1-3H3,(H,22,25). The smallest absolute Gasteiger partial charge is 0.272 e. The van der Waals surface area contributed by atoms with Crippen molar-refractivity contribution in [2.45, 2.75) is 26.3 Å². The molecule has 0 aliphatic heterocycles. The van der Waals surface area contributed by atoms with Gasteiger partial charge in [0.05, 0.1) is 5.69 Å². The van der Waals surface area contributed by atoms with Gasteiger partial charge in [-0.25, -0.2) is 0 Å². The van der Waals surface area contributed by atoms with Crippen LogP contribution < -0.4 is 5.32 Å². The summed E-state index contributed by atoms with van der Waals surface area (Å²) in [5, 5.41) is 7.22. The first kappa shape index (κ1) is 16.9. The van der Waals surface area contributed by atoms with Gasteiger partial charge in [0.25, 0.3) is 5.91 Å². The van der Waals surface area contributed by atoms with Crippen molar-refractivity contribution in [2.24, 2.45) is 7.05 Å². The second-order valence-electron chi connectivity index (χ2n) is 6.36. The number of aromatic nitrogens is 3. The first-order valence-corrected chi connectivity index (χ1v) is 8.36. The van der Waals surface area contributed by atoms with Crippen LogP contribution in [0.4, 0.5) is 0 Å². The second kappa shape index (κ2) is 7.30. The zero-order valence-electron chi connectivity index (χ0n) is 14.7. The summed E-state index contributed by atoms with van der Waals surface area (Å²) in [7, 11) is 1.85. The Kier molecular flexibility index (Phi) is 4.93. The molecule has 2 aromatic heterocycles. The molecule has 0 atom stereocenters. The molecule has 0 saturated heterocycles. The highest BCUT2D eigenvalue weighted by Gasteiger charge is 2.14. The monoisotopic (exact) mass is 334 g/mol. The lowest BCUT2D eigenvalue weighted by atomic mass is 10.0. The lowest BCUT2D eigenvalue weighted by Crippen LogP contribution is -2.23. The van der Waals surface area contributed by atoms with Crippen molar-refractivity contribution in [1.82, 2.24) is 20.1 Å². The van der Waals surface area contributed by atoms with E-state index in [4.69, 9.17) is 0 Å². The molecule has 0 unspecified atom stereocenters. The SMILES string of the molecule is CC(C)c1ccc(-c2cc(C(=O)NCc3cccnc3)nn2C)cc1. The highest BCUT2D eigenvalue weighted by atomic mass is 16.1. The molecule has 5 heteroatoms. The fourth-order valence-electron chi connectivity index (χ4n) is 2.66. The molecule has 1 aromatic carbocycles. The lowest BCUT2D eigenvalue weighted by Gasteiger charge is -2.06. The summed E-state index contributed by atoms with van der Waals surface area (Å²) in [5.41, 5.74) is 4.62. The number of aryl methyl sites for hydroxylation is 1. The average Bonchev–Trinajstić information content (AvgIpc) is 3.02. The fourth-order valence-corrected chi connectivity index (χ4v) is 2.66. The van der Waals surface area contributed by atoms with Crippen molar-refractivity contribution in [3.63, 3.8) is 0 Å². The zero-order valence-corrected chi connectivity index (χ0v) is 14.7. The molecule has 0 radical (unpaired) electrons. The normalized spacial score (nSPS) is 10.9. The van der Waals surface area contributed by atoms with Crippen LogP contribution in [0.5, 0.6) is 0 Å². The van der Waals surface area contributed by atoms with Gasteiger partial charge in [0, 0.05) is 26.0 Å². The predicted molar refractivity (Wildman–Crippen MR) is 98.1 cm³/mol. The van der Waals surface area contributed by atoms with E-state index >= 15 is 0 Å². The van der Waals surface area contributed by atoms with Gasteiger partial charge < -0.3 is 5.32 Å². The molecular formula is C20H22N4O. The number of amides is 1. The summed E-state index contributed by atoms with van der Waals surface area (Å²) >= 11 is 0. The Labute approximate surface area is 147 Å². The number of pyridine rings is 1. The van der Waals surface area contributed by atoms with E-state index in [-0.39, 0.29) is 5.91 Å². The van der Waals surface area contributed by atoms with Crippen LogP contribution in [0.25, 0.3) is 11.3 Å². The highest BCUT2D eigenvalue weighted by molar-refractivity contribution is 5.93. The van der Waals surface area contributed by atoms with Gasteiger partial charge in [0.1, 0.15) is 0 Å². The van der Waals surface area contributed by atoms with Crippen LogP contribution in [0, 0.1) is 0 Å². The van der Waals surface area contributed by atoms with E-state index in [2.05, 4.69) is 53.5 Å². The predicted octanol–water partition coefficient (Wildman–Crippen LogP) is 3.54. The van der Waals surface area contributed by atoms with E-state index < -0.39 is 0 Å². The van der Waals surface area contributed by atoms with Gasteiger partial charge in [0.15, 0.2) is 5.69 Å². The Balaban J connectivity index is 1.74. The number of rotatable bonds is 5. The number of nitrogens with one attached hydrogen (secondary N) is 1. The number of hydrogen-bond donors (Lipinski definition) is 1. The molecule has 128 valence electrons. The highest BCUT2D eigenvalue weighted by Crippen LogP contribution is 2.23. The molecule has 0 aliphatic rings. The molecule has 0 aliphatic carbocycles. The Morgan fingerprint density at radius 3 is 2.60 bits per heavy atom. The van der Waals surface area contributed by atoms with Gasteiger partial charge in [-0.3, -0.25) is 14.5 Å². The molecule has 0 saturated carbocycles. The maximum Gasteiger partial charge on any atom is 0.272 e. The van der Waals surface area contributed by atoms with Gasteiger partial charge in [-0.1, -0.05) is 44.2 Å². The minimum absolute atomic E-state index is 0.190. The van der Waals surface area contributed by atoms with Crippen molar-refractivity contribution in [3.05, 3.63) is 71.7 Å². The number of carbonyl (C=O) groups is 1. The maximum absolute atomic E-state index is 12.4. The van der Waals surface area contributed by atoms with Crippen LogP contribution in [0.3, 0.4) is 0 Å². The lowest BCUT2D eigenvalue weighted by molar-refractivity contribution is 0.0945. The summed E-state index contributed by atoms with van der Waals surface area (Å²) in [6.07, 6.45) is 3.45. The van der Waals surface area contributed by atoms with Gasteiger partial charge in [-0.2, -0.15) is 5.10 Å². The van der Waals surface area contributed by atoms with E-state index in [0.29, 0.717) is 18.2 Å². The van der Waals surface area contributed by atoms with Crippen LogP contribution in [0.15, 0.2) is 54.9 Å². The van der Waals surface area contributed by atoms with Crippen LogP contribution in [-0.2, 0) is 13.6 Å². The third-order valence-electron chi connectivity index (χ3n) is 4.16. The number of nitrogens with zero attached hydrogens (tertiary/aromatic N) is 3. The zero-order chi connectivity index (χ0) is 17.8. The first-order valence-electron chi connectivity index (χ1n) is 8.36. The van der Waals surface area contributed by atoms with E-state index in [0.717, 1.165) is 16.8 Å². The molecule has 1 amide bonds. The Morgan fingerprint density at radius 2 is 1.96 bits per heavy atom. The number of benzene rings is 1. The van der Waals surface area contributed by atoms with Crippen LogP contribution >= 0.6 is 0 Å². The summed E-state index contributed by atoms with van der Waals surface area (Å²) in [6.45, 7) is 4.77. The molecule has 25 heavy (non-hydrogen) atoms. The quantitative estimate of drug-likeness (QED) is 0.776. The van der Waals surface area contributed by atoms with Crippen LogP contribution in [-0.4, -0.2) is 20.7 Å². The largest absolute Gasteiger partial charge is 0.347 e. The minimum atomic E-state index is -0.190. The Morgan fingerprint density at radius 1 is 1.20 bits per heavy atom. The second-order valence-corrected chi connectivity index (χ2v) is 6.36. The third-order valence-corrected chi connectivity index (χ3v) is 4.16. The molecular weight excluding hydrogens is 312 g/mol. The van der Waals surface area contributed by atoms with Gasteiger partial charge in [0.2, 0.25) is 0 Å². The summed E-state index contributed by atoms with van der Waals surface area (Å²) in [4.78, 5) is 16.4. The number of hydrogen-bond acceptors (Lipinski definition) is 3. The first-order chi connectivity index (χ1) is 12.0. The minimum Gasteiger partial charge on any atom is -0.347 e. The van der Waals surface area contributed by atoms with Gasteiger partial charge >= 0.3 is 0 Å². The summed E-state index contributed by atoms with van der Waals surface area (Å²) < 4.78 is 1.74. The number of carbonyl (C=O) groups excluding carboxylic acids is 1. The Bertz CT molecular complexity index is 851. The van der Waals surface area contributed by atoms with Crippen molar-refractivity contribution >= 4 is 5.91 Å². The molecule has 5 nitrogen and oxygen atoms in total. The van der Waals surface area contributed by atoms with Crippen LogP contribution in [0.2, 0.25) is 0 Å². The fraction of sp³-hybridized carbons (Fsp3) is 0.250. The van der Waals surface area contributed by atoms with E-state index in [9.17, 15) is 4.79 Å². The van der Waals surface area contributed by atoms with E-state index in [1.165, 1.54) is 5.56 Å². The summed E-state index contributed by atoms with van der Waals surface area (Å²) in [5.74, 6) is 0.305. The van der Waals surface area contributed by atoms with Crippen molar-refractivity contribution in [3.8, 4) is 11.3 Å². The third kappa shape index (κ3) is 3.94.